The average Bonchev–Trinajstić information content (AvgIpc) is 3.14. The van der Waals surface area contributed by atoms with Gasteiger partial charge in [-0.15, -0.1) is 0 Å². The van der Waals surface area contributed by atoms with E-state index in [1.165, 1.54) is 4.90 Å². The molecule has 0 bridgehead atoms. The molecular formula is C30H31NO4. The number of ether oxygens (including phenoxy) is 1. The van der Waals surface area contributed by atoms with E-state index < -0.39 is 17.7 Å². The third-order valence-electron chi connectivity index (χ3n) is 6.50. The lowest BCUT2D eigenvalue weighted by atomic mass is 9.93. The van der Waals surface area contributed by atoms with E-state index in [1.807, 2.05) is 63.2 Å². The highest BCUT2D eigenvalue weighted by Crippen LogP contribution is 2.43. The zero-order chi connectivity index (χ0) is 25.1. The minimum absolute atomic E-state index is 0.0855. The first-order valence-electron chi connectivity index (χ1n) is 12.1. The van der Waals surface area contributed by atoms with Crippen LogP contribution in [0.3, 0.4) is 0 Å². The molecule has 5 heteroatoms. The van der Waals surface area contributed by atoms with Crippen LogP contribution in [-0.4, -0.2) is 23.4 Å². The SMILES string of the molecule is CCCOc1cccc(N2C(=O)C(=O)/C(=C(/O)c3ccc(C)c(C)c3)C2c2ccc(CC)cc2)c1. The van der Waals surface area contributed by atoms with Crippen LogP contribution in [0.2, 0.25) is 0 Å². The van der Waals surface area contributed by atoms with Gasteiger partial charge in [0.2, 0.25) is 0 Å². The summed E-state index contributed by atoms with van der Waals surface area (Å²) in [5, 5.41) is 11.3. The molecule has 1 atom stereocenters. The van der Waals surface area contributed by atoms with Crippen molar-refractivity contribution < 1.29 is 19.4 Å². The quantitative estimate of drug-likeness (QED) is 0.251. The number of rotatable bonds is 7. The summed E-state index contributed by atoms with van der Waals surface area (Å²) < 4.78 is 5.77. The molecule has 1 heterocycles. The molecule has 35 heavy (non-hydrogen) atoms. The van der Waals surface area contributed by atoms with E-state index in [-0.39, 0.29) is 11.3 Å². The molecule has 1 saturated heterocycles. The Labute approximate surface area is 206 Å². The Morgan fingerprint density at radius 1 is 0.943 bits per heavy atom. The van der Waals surface area contributed by atoms with Gasteiger partial charge in [-0.2, -0.15) is 0 Å². The number of benzene rings is 3. The van der Waals surface area contributed by atoms with Crippen LogP contribution in [0.25, 0.3) is 5.76 Å². The smallest absolute Gasteiger partial charge is 0.300 e. The molecule has 1 amide bonds. The Morgan fingerprint density at radius 2 is 1.69 bits per heavy atom. The van der Waals surface area contributed by atoms with Crippen molar-refractivity contribution >= 4 is 23.1 Å². The second-order valence-electron chi connectivity index (χ2n) is 8.91. The Bertz CT molecular complexity index is 1290. The molecule has 180 valence electrons. The molecule has 1 N–H and O–H groups in total. The first kappa shape index (κ1) is 24.3. The fourth-order valence-corrected chi connectivity index (χ4v) is 4.34. The van der Waals surface area contributed by atoms with Gasteiger partial charge in [-0.25, -0.2) is 0 Å². The largest absolute Gasteiger partial charge is 0.507 e. The Kier molecular flexibility index (Phi) is 7.06. The molecule has 1 fully saturated rings. The zero-order valence-electron chi connectivity index (χ0n) is 20.7. The van der Waals surface area contributed by atoms with E-state index in [2.05, 4.69) is 6.92 Å². The van der Waals surface area contributed by atoms with E-state index >= 15 is 0 Å². The third kappa shape index (κ3) is 4.72. The number of hydrogen-bond donors (Lipinski definition) is 1. The first-order valence-corrected chi connectivity index (χ1v) is 12.1. The number of carbonyl (C=O) groups excluding carboxylic acids is 2. The lowest BCUT2D eigenvalue weighted by Gasteiger charge is -2.26. The number of aliphatic hydroxyl groups excluding tert-OH is 1. The number of carbonyl (C=O) groups is 2. The maximum atomic E-state index is 13.4. The molecular weight excluding hydrogens is 438 g/mol. The van der Waals surface area contributed by atoms with Crippen molar-refractivity contribution in [3.63, 3.8) is 0 Å². The summed E-state index contributed by atoms with van der Waals surface area (Å²) in [7, 11) is 0. The van der Waals surface area contributed by atoms with Gasteiger partial charge < -0.3 is 9.84 Å². The Morgan fingerprint density at radius 3 is 2.34 bits per heavy atom. The van der Waals surface area contributed by atoms with Crippen LogP contribution in [0.5, 0.6) is 5.75 Å². The minimum atomic E-state index is -0.760. The predicted octanol–water partition coefficient (Wildman–Crippen LogP) is 6.28. The van der Waals surface area contributed by atoms with Crippen LogP contribution in [0.15, 0.2) is 72.3 Å². The van der Waals surface area contributed by atoms with E-state index in [9.17, 15) is 14.7 Å². The molecule has 4 rings (SSSR count). The van der Waals surface area contributed by atoms with Gasteiger partial charge in [-0.05, 0) is 67.1 Å². The number of aliphatic hydroxyl groups is 1. The second kappa shape index (κ2) is 10.2. The van der Waals surface area contributed by atoms with Crippen LogP contribution in [0, 0.1) is 13.8 Å². The monoisotopic (exact) mass is 469 g/mol. The predicted molar refractivity (Wildman–Crippen MR) is 139 cm³/mol. The van der Waals surface area contributed by atoms with Crippen molar-refractivity contribution in [2.24, 2.45) is 0 Å². The number of nitrogens with zero attached hydrogens (tertiary/aromatic N) is 1. The van der Waals surface area contributed by atoms with Gasteiger partial charge in [0.25, 0.3) is 11.7 Å². The maximum Gasteiger partial charge on any atom is 0.300 e. The molecule has 1 aliphatic rings. The van der Waals surface area contributed by atoms with Gasteiger partial charge in [0.05, 0.1) is 18.2 Å². The van der Waals surface area contributed by atoms with Crippen LogP contribution >= 0.6 is 0 Å². The zero-order valence-corrected chi connectivity index (χ0v) is 20.7. The topological polar surface area (TPSA) is 66.8 Å². The van der Waals surface area contributed by atoms with Crippen LogP contribution in [0.4, 0.5) is 5.69 Å². The van der Waals surface area contributed by atoms with Gasteiger partial charge in [0, 0.05) is 17.3 Å². The lowest BCUT2D eigenvalue weighted by molar-refractivity contribution is -0.132. The van der Waals surface area contributed by atoms with Crippen molar-refractivity contribution in [3.8, 4) is 5.75 Å². The van der Waals surface area contributed by atoms with Gasteiger partial charge in [-0.1, -0.05) is 56.3 Å². The number of ketones is 1. The highest BCUT2D eigenvalue weighted by atomic mass is 16.5. The molecule has 3 aromatic rings. The maximum absolute atomic E-state index is 13.4. The normalized spacial score (nSPS) is 17.1. The summed E-state index contributed by atoms with van der Waals surface area (Å²) in [6.07, 6.45) is 1.73. The summed E-state index contributed by atoms with van der Waals surface area (Å²) in [6, 6.07) is 19.8. The number of Topliss-reactive ketones (excluding diaryl/α,β-unsaturated/α-hetero) is 1. The van der Waals surface area contributed by atoms with Crippen molar-refractivity contribution in [3.05, 3.63) is 100 Å². The summed E-state index contributed by atoms with van der Waals surface area (Å²) in [5.74, 6) is -0.921. The average molecular weight is 470 g/mol. The summed E-state index contributed by atoms with van der Waals surface area (Å²) in [4.78, 5) is 28.2. The highest BCUT2D eigenvalue weighted by Gasteiger charge is 2.47. The minimum Gasteiger partial charge on any atom is -0.507 e. The summed E-state index contributed by atoms with van der Waals surface area (Å²) in [5.41, 5.74) is 5.13. The van der Waals surface area contributed by atoms with Crippen LogP contribution in [-0.2, 0) is 16.0 Å². The fraction of sp³-hybridized carbons (Fsp3) is 0.267. The molecule has 1 unspecified atom stereocenters. The van der Waals surface area contributed by atoms with Crippen molar-refractivity contribution in [2.75, 3.05) is 11.5 Å². The lowest BCUT2D eigenvalue weighted by Crippen LogP contribution is -2.29. The summed E-state index contributed by atoms with van der Waals surface area (Å²) >= 11 is 0. The first-order chi connectivity index (χ1) is 16.8. The molecule has 0 saturated carbocycles. The Balaban J connectivity index is 1.89. The van der Waals surface area contributed by atoms with Crippen LogP contribution < -0.4 is 9.64 Å². The highest BCUT2D eigenvalue weighted by molar-refractivity contribution is 6.51. The molecule has 1 aliphatic heterocycles. The van der Waals surface area contributed by atoms with Crippen molar-refractivity contribution in [1.82, 2.24) is 0 Å². The van der Waals surface area contributed by atoms with E-state index in [0.717, 1.165) is 35.1 Å². The molecule has 0 aliphatic carbocycles. The van der Waals surface area contributed by atoms with E-state index in [1.54, 1.807) is 24.3 Å². The third-order valence-corrected chi connectivity index (χ3v) is 6.50. The van der Waals surface area contributed by atoms with Gasteiger partial charge in [0.1, 0.15) is 11.5 Å². The van der Waals surface area contributed by atoms with E-state index in [0.29, 0.717) is 23.6 Å². The van der Waals surface area contributed by atoms with Crippen LogP contribution in [0.1, 0.15) is 54.1 Å². The van der Waals surface area contributed by atoms with Gasteiger partial charge in [-0.3, -0.25) is 14.5 Å². The van der Waals surface area contributed by atoms with Crippen molar-refractivity contribution in [2.45, 2.75) is 46.6 Å². The fourth-order valence-electron chi connectivity index (χ4n) is 4.34. The van der Waals surface area contributed by atoms with Crippen molar-refractivity contribution in [1.29, 1.82) is 0 Å². The number of aryl methyl sites for hydroxylation is 3. The van der Waals surface area contributed by atoms with Gasteiger partial charge in [0.15, 0.2) is 0 Å². The Hall–Kier alpha value is -3.86. The standard InChI is InChI=1S/C30H31NO4/c1-5-16-35-25-9-7-8-24(18-25)31-27(22-14-11-21(6-2)12-15-22)26(29(33)30(31)34)28(32)23-13-10-19(3)20(4)17-23/h7-15,17-18,27,32H,5-6,16H2,1-4H3/b28-26+. The number of anilines is 1. The number of amides is 1. The molecule has 0 aromatic heterocycles. The van der Waals surface area contributed by atoms with Gasteiger partial charge >= 0.3 is 0 Å². The molecule has 0 spiro atoms. The molecule has 5 nitrogen and oxygen atoms in total. The summed E-state index contributed by atoms with van der Waals surface area (Å²) in [6.45, 7) is 8.59. The number of hydrogen-bond acceptors (Lipinski definition) is 4. The second-order valence-corrected chi connectivity index (χ2v) is 8.91. The molecule has 0 radical (unpaired) electrons. The van der Waals surface area contributed by atoms with E-state index in [4.69, 9.17) is 4.74 Å². The molecule has 3 aromatic carbocycles.